The fourth-order valence-corrected chi connectivity index (χ4v) is 1.69. The van der Waals surface area contributed by atoms with E-state index in [9.17, 15) is 22.9 Å². The van der Waals surface area contributed by atoms with Crippen molar-refractivity contribution in [1.82, 2.24) is 4.72 Å². The van der Waals surface area contributed by atoms with Crippen LogP contribution in [0.1, 0.15) is 0 Å². The van der Waals surface area contributed by atoms with Crippen LogP contribution in [-0.4, -0.2) is 26.6 Å². The summed E-state index contributed by atoms with van der Waals surface area (Å²) in [7, 11) is -4.09. The van der Waals surface area contributed by atoms with Crippen molar-refractivity contribution in [1.29, 1.82) is 0 Å². The van der Waals surface area contributed by atoms with Gasteiger partial charge in [-0.15, -0.1) is 0 Å². The highest BCUT2D eigenvalue weighted by Crippen LogP contribution is 2.18. The Bertz CT molecular complexity index is 487. The Kier molecular flexibility index (Phi) is 4.35. The summed E-state index contributed by atoms with van der Waals surface area (Å²) in [5.74, 6) is -0.0954. The summed E-state index contributed by atoms with van der Waals surface area (Å²) in [5, 5.41) is 10.3. The number of nitro groups is 1. The summed E-state index contributed by atoms with van der Waals surface area (Å²) in [6.07, 6.45) is 0. The minimum absolute atomic E-state index is 0.0954. The van der Waals surface area contributed by atoms with Gasteiger partial charge in [-0.3, -0.25) is 10.1 Å². The van der Waals surface area contributed by atoms with E-state index in [0.29, 0.717) is 0 Å². The lowest BCUT2D eigenvalue weighted by molar-refractivity contribution is -0.384. The molecular weight excluding hydrogens is 255 g/mol. The molecule has 0 radical (unpaired) electrons. The molecule has 94 valence electrons. The molecule has 1 aromatic rings. The Morgan fingerprint density at radius 1 is 1.35 bits per heavy atom. The average Bonchev–Trinajstić information content (AvgIpc) is 2.26. The van der Waals surface area contributed by atoms with Gasteiger partial charge in [-0.2, -0.15) is 13.1 Å². The Morgan fingerprint density at radius 3 is 2.41 bits per heavy atom. The maximum atomic E-state index is 11.7. The third-order valence-electron chi connectivity index (χ3n) is 1.63. The topological polar surface area (TPSA) is 98.5 Å². The van der Waals surface area contributed by atoms with Gasteiger partial charge in [0.2, 0.25) is 0 Å². The number of benzene rings is 1. The van der Waals surface area contributed by atoms with Crippen molar-refractivity contribution < 1.29 is 21.9 Å². The Balaban J connectivity index is 2.72. The molecule has 0 heterocycles. The van der Waals surface area contributed by atoms with Crippen LogP contribution in [0.4, 0.5) is 10.1 Å². The van der Waals surface area contributed by atoms with Crippen LogP contribution in [0, 0.1) is 10.1 Å². The number of non-ortho nitro benzene ring substituents is 1. The molecule has 1 aromatic carbocycles. The Hall–Kier alpha value is -1.74. The minimum Gasteiger partial charge on any atom is -0.371 e. The number of alkyl halides is 1. The van der Waals surface area contributed by atoms with Crippen LogP contribution in [0.3, 0.4) is 0 Å². The van der Waals surface area contributed by atoms with Gasteiger partial charge in [0.25, 0.3) is 5.69 Å². The van der Waals surface area contributed by atoms with Crippen LogP contribution in [0.15, 0.2) is 24.3 Å². The van der Waals surface area contributed by atoms with Crippen LogP contribution in [0.25, 0.3) is 0 Å². The van der Waals surface area contributed by atoms with E-state index >= 15 is 0 Å². The number of hydrogen-bond donors (Lipinski definition) is 1. The Morgan fingerprint density at radius 2 is 1.94 bits per heavy atom. The van der Waals surface area contributed by atoms with E-state index in [0.717, 1.165) is 24.3 Å². The van der Waals surface area contributed by atoms with E-state index in [1.165, 1.54) is 0 Å². The van der Waals surface area contributed by atoms with Crippen molar-refractivity contribution in [2.24, 2.45) is 0 Å². The van der Waals surface area contributed by atoms with Crippen LogP contribution in [0.5, 0.6) is 5.75 Å². The van der Waals surface area contributed by atoms with Gasteiger partial charge >= 0.3 is 10.3 Å². The first-order chi connectivity index (χ1) is 7.94. The molecule has 0 aliphatic heterocycles. The second-order valence-electron chi connectivity index (χ2n) is 2.87. The summed E-state index contributed by atoms with van der Waals surface area (Å²) in [5.41, 5.74) is -0.188. The molecular formula is C8H9FN2O5S. The summed E-state index contributed by atoms with van der Waals surface area (Å²) in [4.78, 5) is 9.71. The monoisotopic (exact) mass is 264 g/mol. The lowest BCUT2D eigenvalue weighted by Crippen LogP contribution is -2.29. The smallest absolute Gasteiger partial charge is 0.371 e. The number of nitrogens with zero attached hydrogens (tertiary/aromatic N) is 1. The van der Waals surface area contributed by atoms with E-state index in [1.807, 2.05) is 4.72 Å². The third-order valence-corrected chi connectivity index (χ3v) is 2.60. The molecule has 0 aliphatic rings. The average molecular weight is 264 g/mol. The molecule has 9 heteroatoms. The molecule has 1 N–H and O–H groups in total. The zero-order valence-electron chi connectivity index (χ0n) is 8.50. The quantitative estimate of drug-likeness (QED) is 0.604. The van der Waals surface area contributed by atoms with Crippen molar-refractivity contribution in [2.45, 2.75) is 0 Å². The first kappa shape index (κ1) is 13.3. The summed E-state index contributed by atoms with van der Waals surface area (Å²) >= 11 is 0. The molecule has 0 atom stereocenters. The van der Waals surface area contributed by atoms with Gasteiger partial charge in [-0.25, -0.2) is 4.39 Å². The van der Waals surface area contributed by atoms with Gasteiger partial charge in [0, 0.05) is 18.7 Å². The van der Waals surface area contributed by atoms with Crippen molar-refractivity contribution in [3.8, 4) is 5.75 Å². The van der Waals surface area contributed by atoms with Gasteiger partial charge in [-0.05, 0) is 12.1 Å². The van der Waals surface area contributed by atoms with E-state index in [-0.39, 0.29) is 11.4 Å². The molecule has 0 bridgehead atoms. The van der Waals surface area contributed by atoms with Crippen molar-refractivity contribution in [3.05, 3.63) is 34.4 Å². The molecule has 0 fully saturated rings. The SMILES string of the molecule is O=[N+]([O-])c1ccc(OS(=O)(=O)NCCF)cc1. The van der Waals surface area contributed by atoms with E-state index in [1.54, 1.807) is 0 Å². The second-order valence-corrected chi connectivity index (χ2v) is 4.24. The van der Waals surface area contributed by atoms with E-state index in [4.69, 9.17) is 0 Å². The van der Waals surface area contributed by atoms with E-state index < -0.39 is 28.4 Å². The van der Waals surface area contributed by atoms with Crippen LogP contribution in [-0.2, 0) is 10.3 Å². The van der Waals surface area contributed by atoms with Crippen molar-refractivity contribution in [2.75, 3.05) is 13.2 Å². The predicted molar refractivity (Wildman–Crippen MR) is 56.6 cm³/mol. The van der Waals surface area contributed by atoms with Gasteiger partial charge in [0.1, 0.15) is 12.4 Å². The van der Waals surface area contributed by atoms with Crippen LogP contribution >= 0.6 is 0 Å². The second kappa shape index (κ2) is 5.55. The van der Waals surface area contributed by atoms with Gasteiger partial charge in [-0.1, -0.05) is 0 Å². The molecule has 1 rings (SSSR count). The molecule has 0 amide bonds. The summed E-state index contributed by atoms with van der Waals surface area (Å²) < 4.78 is 40.4. The van der Waals surface area contributed by atoms with E-state index in [2.05, 4.69) is 4.18 Å². The molecule has 0 aromatic heterocycles. The number of nitro benzene ring substituents is 1. The van der Waals surface area contributed by atoms with Crippen LogP contribution < -0.4 is 8.91 Å². The zero-order chi connectivity index (χ0) is 12.9. The van der Waals surface area contributed by atoms with Crippen molar-refractivity contribution >= 4 is 16.0 Å². The minimum atomic E-state index is -4.09. The van der Waals surface area contributed by atoms with Crippen molar-refractivity contribution in [3.63, 3.8) is 0 Å². The van der Waals surface area contributed by atoms with Gasteiger partial charge < -0.3 is 4.18 Å². The predicted octanol–water partition coefficient (Wildman–Crippen LogP) is 0.778. The van der Waals surface area contributed by atoms with Gasteiger partial charge in [0.05, 0.1) is 4.92 Å². The lowest BCUT2D eigenvalue weighted by Gasteiger charge is -2.06. The molecule has 0 saturated heterocycles. The number of halogens is 1. The molecule has 0 spiro atoms. The molecule has 0 aliphatic carbocycles. The highest BCUT2D eigenvalue weighted by Gasteiger charge is 2.12. The standard InChI is InChI=1S/C8H9FN2O5S/c9-5-6-10-17(14,15)16-8-3-1-7(2-4-8)11(12)13/h1-4,10H,5-6H2. The van der Waals surface area contributed by atoms with Crippen LogP contribution in [0.2, 0.25) is 0 Å². The maximum absolute atomic E-state index is 11.7. The number of hydrogen-bond acceptors (Lipinski definition) is 5. The molecule has 0 unspecified atom stereocenters. The fourth-order valence-electron chi connectivity index (χ4n) is 0.943. The number of rotatable bonds is 6. The molecule has 7 nitrogen and oxygen atoms in total. The fraction of sp³-hybridized carbons (Fsp3) is 0.250. The normalized spacial score (nSPS) is 11.1. The van der Waals surface area contributed by atoms with Gasteiger partial charge in [0.15, 0.2) is 0 Å². The zero-order valence-corrected chi connectivity index (χ0v) is 9.31. The lowest BCUT2D eigenvalue weighted by atomic mass is 10.3. The first-order valence-electron chi connectivity index (χ1n) is 4.44. The highest BCUT2D eigenvalue weighted by molar-refractivity contribution is 7.85. The highest BCUT2D eigenvalue weighted by atomic mass is 32.2. The first-order valence-corrected chi connectivity index (χ1v) is 5.85. The third kappa shape index (κ3) is 4.33. The number of nitrogens with one attached hydrogen (secondary N) is 1. The Labute approximate surface area is 96.6 Å². The largest absolute Gasteiger partial charge is 0.382 e. The summed E-state index contributed by atoms with van der Waals surface area (Å²) in [6, 6.07) is 4.46. The maximum Gasteiger partial charge on any atom is 0.382 e. The summed E-state index contributed by atoms with van der Waals surface area (Å²) in [6.45, 7) is -1.25. The molecule has 0 saturated carbocycles. The molecule has 17 heavy (non-hydrogen) atoms.